The molecule has 2 aromatic heterocycles. The van der Waals surface area contributed by atoms with Crippen molar-refractivity contribution in [1.29, 1.82) is 5.26 Å². The van der Waals surface area contributed by atoms with Crippen molar-refractivity contribution in [2.45, 2.75) is 57.5 Å². The van der Waals surface area contributed by atoms with E-state index in [9.17, 15) is 4.79 Å². The fourth-order valence-electron chi connectivity index (χ4n) is 4.11. The van der Waals surface area contributed by atoms with Crippen LogP contribution in [-0.4, -0.2) is 38.4 Å². The van der Waals surface area contributed by atoms with Crippen molar-refractivity contribution in [1.82, 2.24) is 14.1 Å². The standard InChI is InChI=1S/C23H26N4O2S/c1-16-13-19(17(2)27(16)14-18-7-5-12-29-18)22(28)15-30-23-25-20-8-3-4-9-21(20)26(23)11-6-10-24/h3-4,8-9,13,18H,5-7,11-12,14-15H2,1-2H3/t18-/m1/s1. The van der Waals surface area contributed by atoms with Crippen LogP contribution >= 0.6 is 11.8 Å². The van der Waals surface area contributed by atoms with E-state index in [0.29, 0.717) is 18.7 Å². The van der Waals surface area contributed by atoms with Crippen LogP contribution in [0.15, 0.2) is 35.5 Å². The molecule has 30 heavy (non-hydrogen) atoms. The van der Waals surface area contributed by atoms with E-state index in [0.717, 1.165) is 59.1 Å². The molecule has 0 bridgehead atoms. The van der Waals surface area contributed by atoms with Gasteiger partial charge in [0.2, 0.25) is 0 Å². The van der Waals surface area contributed by atoms with Gasteiger partial charge in [-0.2, -0.15) is 5.26 Å². The zero-order valence-corrected chi connectivity index (χ0v) is 18.2. The lowest BCUT2D eigenvalue weighted by atomic mass is 10.2. The van der Waals surface area contributed by atoms with Crippen molar-refractivity contribution in [3.05, 3.63) is 47.3 Å². The van der Waals surface area contributed by atoms with Crippen LogP contribution in [0, 0.1) is 25.2 Å². The predicted octanol–water partition coefficient (Wildman–Crippen LogP) is 4.52. The highest BCUT2D eigenvalue weighted by Crippen LogP contribution is 2.27. The first-order chi connectivity index (χ1) is 14.6. The number of carbonyl (C=O) groups is 1. The van der Waals surface area contributed by atoms with Crippen LogP contribution in [0.2, 0.25) is 0 Å². The molecule has 4 rings (SSSR count). The summed E-state index contributed by atoms with van der Waals surface area (Å²) in [6.07, 6.45) is 2.84. The molecule has 3 aromatic rings. The smallest absolute Gasteiger partial charge is 0.175 e. The molecule has 0 aliphatic carbocycles. The Labute approximate surface area is 180 Å². The van der Waals surface area contributed by atoms with Gasteiger partial charge in [0.25, 0.3) is 0 Å². The van der Waals surface area contributed by atoms with Crippen LogP contribution in [0.25, 0.3) is 11.0 Å². The van der Waals surface area contributed by atoms with Gasteiger partial charge in [0, 0.05) is 36.6 Å². The van der Waals surface area contributed by atoms with Crippen molar-refractivity contribution in [3.63, 3.8) is 0 Å². The number of para-hydroxylation sites is 2. The SMILES string of the molecule is Cc1cc(C(=O)CSc2nc3ccccc3n2CCC#N)c(C)n1C[C@H]1CCCO1. The average Bonchev–Trinajstić information content (AvgIpc) is 3.45. The Morgan fingerprint density at radius 3 is 2.93 bits per heavy atom. The van der Waals surface area contributed by atoms with Crippen molar-refractivity contribution in [2.75, 3.05) is 12.4 Å². The minimum Gasteiger partial charge on any atom is -0.376 e. The second-order valence-electron chi connectivity index (χ2n) is 7.69. The molecule has 0 spiro atoms. The van der Waals surface area contributed by atoms with E-state index in [1.54, 1.807) is 0 Å². The normalized spacial score (nSPS) is 16.2. The predicted molar refractivity (Wildman–Crippen MR) is 118 cm³/mol. The molecule has 7 heteroatoms. The first-order valence-electron chi connectivity index (χ1n) is 10.3. The summed E-state index contributed by atoms with van der Waals surface area (Å²) in [5.41, 5.74) is 4.76. The number of benzene rings is 1. The fourth-order valence-corrected chi connectivity index (χ4v) is 5.03. The molecule has 1 saturated heterocycles. The van der Waals surface area contributed by atoms with Crippen molar-refractivity contribution >= 4 is 28.6 Å². The Kier molecular flexibility index (Phi) is 6.26. The Balaban J connectivity index is 1.51. The number of thioether (sulfide) groups is 1. The van der Waals surface area contributed by atoms with Gasteiger partial charge in [-0.3, -0.25) is 4.79 Å². The maximum atomic E-state index is 13.0. The molecule has 0 amide bonds. The molecule has 1 aromatic carbocycles. The van der Waals surface area contributed by atoms with Crippen LogP contribution in [0.4, 0.5) is 0 Å². The largest absolute Gasteiger partial charge is 0.376 e. The molecule has 156 valence electrons. The van der Waals surface area contributed by atoms with Crippen LogP contribution in [0.3, 0.4) is 0 Å². The highest BCUT2D eigenvalue weighted by atomic mass is 32.2. The lowest BCUT2D eigenvalue weighted by Gasteiger charge is -2.14. The minimum absolute atomic E-state index is 0.102. The number of nitrogens with zero attached hydrogens (tertiary/aromatic N) is 4. The number of Topliss-reactive ketones (excluding diaryl/α,β-unsaturated/α-hetero) is 1. The van der Waals surface area contributed by atoms with Crippen molar-refractivity contribution in [3.8, 4) is 6.07 Å². The van der Waals surface area contributed by atoms with Gasteiger partial charge in [-0.25, -0.2) is 4.98 Å². The van der Waals surface area contributed by atoms with Gasteiger partial charge in [0.05, 0.1) is 35.4 Å². The quantitative estimate of drug-likeness (QED) is 0.394. The fraction of sp³-hybridized carbons (Fsp3) is 0.435. The zero-order chi connectivity index (χ0) is 21.1. The van der Waals surface area contributed by atoms with Crippen LogP contribution in [0.5, 0.6) is 0 Å². The van der Waals surface area contributed by atoms with Gasteiger partial charge in [-0.1, -0.05) is 23.9 Å². The topological polar surface area (TPSA) is 72.8 Å². The third kappa shape index (κ3) is 4.16. The lowest BCUT2D eigenvalue weighted by Crippen LogP contribution is -2.17. The number of ketones is 1. The van der Waals surface area contributed by atoms with E-state index in [1.807, 2.05) is 48.7 Å². The Morgan fingerprint density at radius 1 is 1.33 bits per heavy atom. The van der Waals surface area contributed by atoms with Gasteiger partial charge >= 0.3 is 0 Å². The molecule has 0 unspecified atom stereocenters. The number of rotatable bonds is 8. The maximum absolute atomic E-state index is 13.0. The Morgan fingerprint density at radius 2 is 2.17 bits per heavy atom. The van der Waals surface area contributed by atoms with Crippen molar-refractivity contribution in [2.24, 2.45) is 0 Å². The van der Waals surface area contributed by atoms with E-state index < -0.39 is 0 Å². The molecule has 1 aliphatic heterocycles. The Hall–Kier alpha value is -2.56. The molecule has 1 fully saturated rings. The lowest BCUT2D eigenvalue weighted by molar-refractivity contribution is 0.0957. The van der Waals surface area contributed by atoms with Crippen LogP contribution in [-0.2, 0) is 17.8 Å². The van der Waals surface area contributed by atoms with Crippen LogP contribution in [0.1, 0.15) is 41.0 Å². The van der Waals surface area contributed by atoms with E-state index in [2.05, 4.69) is 15.6 Å². The summed E-state index contributed by atoms with van der Waals surface area (Å²) in [4.78, 5) is 17.7. The number of aryl methyl sites for hydroxylation is 2. The first kappa shape index (κ1) is 20.7. The van der Waals surface area contributed by atoms with Gasteiger partial charge in [0.1, 0.15) is 0 Å². The molecular formula is C23H26N4O2S. The second kappa shape index (κ2) is 9.07. The number of hydrogen-bond acceptors (Lipinski definition) is 5. The molecule has 0 radical (unpaired) electrons. The first-order valence-corrected chi connectivity index (χ1v) is 11.3. The summed E-state index contributed by atoms with van der Waals surface area (Å²) in [6, 6.07) is 12.1. The van der Waals surface area contributed by atoms with Gasteiger partial charge < -0.3 is 13.9 Å². The van der Waals surface area contributed by atoms with E-state index in [4.69, 9.17) is 10.00 Å². The van der Waals surface area contributed by atoms with Gasteiger partial charge in [-0.15, -0.1) is 0 Å². The number of aromatic nitrogens is 3. The summed E-state index contributed by atoms with van der Waals surface area (Å²) in [7, 11) is 0. The van der Waals surface area contributed by atoms with Crippen LogP contribution < -0.4 is 0 Å². The number of hydrogen-bond donors (Lipinski definition) is 0. The van der Waals surface area contributed by atoms with E-state index in [1.165, 1.54) is 11.8 Å². The molecule has 1 aliphatic rings. The number of nitriles is 1. The summed E-state index contributed by atoms with van der Waals surface area (Å²) >= 11 is 1.44. The number of ether oxygens (including phenoxy) is 1. The second-order valence-corrected chi connectivity index (χ2v) is 8.63. The third-order valence-electron chi connectivity index (χ3n) is 5.68. The van der Waals surface area contributed by atoms with Crippen molar-refractivity contribution < 1.29 is 9.53 Å². The number of imidazole rings is 1. The average molecular weight is 423 g/mol. The third-order valence-corrected chi connectivity index (χ3v) is 6.66. The molecule has 0 saturated carbocycles. The van der Waals surface area contributed by atoms with E-state index in [-0.39, 0.29) is 11.9 Å². The molecule has 3 heterocycles. The summed E-state index contributed by atoms with van der Waals surface area (Å²) < 4.78 is 10.0. The summed E-state index contributed by atoms with van der Waals surface area (Å²) in [6.45, 7) is 6.28. The van der Waals surface area contributed by atoms with Gasteiger partial charge in [0.15, 0.2) is 10.9 Å². The highest BCUT2D eigenvalue weighted by molar-refractivity contribution is 7.99. The number of fused-ring (bicyclic) bond motifs is 1. The van der Waals surface area contributed by atoms with Gasteiger partial charge in [-0.05, 0) is 44.9 Å². The monoisotopic (exact) mass is 422 g/mol. The maximum Gasteiger partial charge on any atom is 0.175 e. The number of carbonyl (C=O) groups excluding carboxylic acids is 1. The summed E-state index contributed by atoms with van der Waals surface area (Å²) in [5, 5.41) is 9.78. The highest BCUT2D eigenvalue weighted by Gasteiger charge is 2.22. The molecular weight excluding hydrogens is 396 g/mol. The Bertz CT molecular complexity index is 1100. The molecule has 1 atom stereocenters. The molecule has 0 N–H and O–H groups in total. The van der Waals surface area contributed by atoms with E-state index >= 15 is 0 Å². The summed E-state index contributed by atoms with van der Waals surface area (Å²) in [5.74, 6) is 0.422. The molecule has 6 nitrogen and oxygen atoms in total. The minimum atomic E-state index is 0.102. The zero-order valence-electron chi connectivity index (χ0n) is 17.4.